The average Bonchev–Trinajstić information content (AvgIpc) is 2.70. The van der Waals surface area contributed by atoms with Crippen molar-refractivity contribution in [1.82, 2.24) is 0 Å². The van der Waals surface area contributed by atoms with Crippen molar-refractivity contribution < 1.29 is 14.0 Å². The molecule has 0 radical (unpaired) electrons. The molecule has 3 rings (SSSR count). The number of carbonyl (C=O) groups excluding carboxylic acids is 2. The van der Waals surface area contributed by atoms with Gasteiger partial charge in [-0.25, -0.2) is 4.39 Å². The molecule has 3 aromatic carbocycles. The lowest BCUT2D eigenvalue weighted by atomic mass is 10.1. The Hall–Kier alpha value is -3.12. The summed E-state index contributed by atoms with van der Waals surface area (Å²) in [6, 6.07) is 18.8. The fraction of sp³-hybridized carbons (Fsp3) is 0.130. The van der Waals surface area contributed by atoms with E-state index in [0.717, 1.165) is 21.7 Å². The zero-order valence-electron chi connectivity index (χ0n) is 16.2. The number of anilines is 2. The third kappa shape index (κ3) is 5.68. The largest absolute Gasteiger partial charge is 0.325 e. The van der Waals surface area contributed by atoms with E-state index in [2.05, 4.69) is 10.6 Å². The van der Waals surface area contributed by atoms with Gasteiger partial charge in [0.1, 0.15) is 5.82 Å². The summed E-state index contributed by atoms with van der Waals surface area (Å²) in [6.07, 6.45) is 0. The first-order valence-corrected chi connectivity index (χ1v) is 10.1. The molecule has 29 heavy (non-hydrogen) atoms. The highest BCUT2D eigenvalue weighted by molar-refractivity contribution is 8.00. The molecule has 0 aliphatic rings. The van der Waals surface area contributed by atoms with Crippen LogP contribution in [0.3, 0.4) is 0 Å². The number of hydrogen-bond donors (Lipinski definition) is 2. The van der Waals surface area contributed by atoms with Gasteiger partial charge in [-0.15, -0.1) is 11.8 Å². The lowest BCUT2D eigenvalue weighted by molar-refractivity contribution is -0.113. The fourth-order valence-corrected chi connectivity index (χ4v) is 3.38. The average molecular weight is 408 g/mol. The van der Waals surface area contributed by atoms with E-state index >= 15 is 0 Å². The van der Waals surface area contributed by atoms with Crippen molar-refractivity contribution in [2.45, 2.75) is 18.7 Å². The van der Waals surface area contributed by atoms with Crippen molar-refractivity contribution in [3.8, 4) is 0 Å². The number of amides is 2. The first kappa shape index (κ1) is 20.6. The van der Waals surface area contributed by atoms with E-state index in [1.54, 1.807) is 18.2 Å². The van der Waals surface area contributed by atoms with Crippen LogP contribution in [0.5, 0.6) is 0 Å². The van der Waals surface area contributed by atoms with Crippen molar-refractivity contribution in [1.29, 1.82) is 0 Å². The van der Waals surface area contributed by atoms with Crippen LogP contribution in [0.2, 0.25) is 0 Å². The van der Waals surface area contributed by atoms with E-state index in [9.17, 15) is 14.0 Å². The molecule has 2 N–H and O–H groups in total. The highest BCUT2D eigenvalue weighted by atomic mass is 32.2. The second-order valence-corrected chi connectivity index (χ2v) is 7.66. The van der Waals surface area contributed by atoms with Gasteiger partial charge < -0.3 is 10.6 Å². The van der Waals surface area contributed by atoms with E-state index in [0.29, 0.717) is 5.69 Å². The van der Waals surface area contributed by atoms with Gasteiger partial charge in [-0.1, -0.05) is 24.3 Å². The quantitative estimate of drug-likeness (QED) is 0.535. The summed E-state index contributed by atoms with van der Waals surface area (Å²) in [4.78, 5) is 25.3. The molecule has 3 aromatic rings. The number of nitrogens with one attached hydrogen (secondary N) is 2. The van der Waals surface area contributed by atoms with Gasteiger partial charge in [-0.2, -0.15) is 0 Å². The maximum Gasteiger partial charge on any atom is 0.258 e. The molecule has 0 fully saturated rings. The third-order valence-corrected chi connectivity index (χ3v) is 5.28. The van der Waals surface area contributed by atoms with E-state index in [4.69, 9.17) is 0 Å². The minimum absolute atomic E-state index is 0.00550. The summed E-state index contributed by atoms with van der Waals surface area (Å²) in [5, 5.41) is 5.60. The van der Waals surface area contributed by atoms with Crippen molar-refractivity contribution in [3.63, 3.8) is 0 Å². The first-order chi connectivity index (χ1) is 13.9. The summed E-state index contributed by atoms with van der Waals surface area (Å²) in [7, 11) is 0. The molecule has 0 aromatic heterocycles. The van der Waals surface area contributed by atoms with Crippen LogP contribution in [0.25, 0.3) is 0 Å². The maximum absolute atomic E-state index is 13.7. The molecule has 0 saturated heterocycles. The molecule has 2 amide bonds. The van der Waals surface area contributed by atoms with Crippen LogP contribution in [-0.2, 0) is 4.79 Å². The van der Waals surface area contributed by atoms with E-state index in [1.807, 2.05) is 44.2 Å². The molecule has 0 aliphatic heterocycles. The van der Waals surface area contributed by atoms with Gasteiger partial charge in [0.05, 0.1) is 11.3 Å². The predicted octanol–water partition coefficient (Wildman–Crippen LogP) is 5.43. The number of rotatable bonds is 6. The van der Waals surface area contributed by atoms with Crippen molar-refractivity contribution >= 4 is 35.0 Å². The minimum atomic E-state index is -0.563. The fourth-order valence-electron chi connectivity index (χ4n) is 2.68. The molecular formula is C23H21FN2O2S. The molecular weight excluding hydrogens is 387 g/mol. The second kappa shape index (κ2) is 9.39. The van der Waals surface area contributed by atoms with E-state index in [-0.39, 0.29) is 17.2 Å². The Bertz CT molecular complexity index is 1040. The zero-order valence-corrected chi connectivity index (χ0v) is 17.0. The zero-order chi connectivity index (χ0) is 20.8. The molecule has 4 nitrogen and oxygen atoms in total. The number of thioether (sulfide) groups is 1. The van der Waals surface area contributed by atoms with Gasteiger partial charge in [0.25, 0.3) is 5.91 Å². The third-order valence-electron chi connectivity index (χ3n) is 4.27. The SMILES string of the molecule is Cc1ccc(C)c(NC(=O)CSc2ccc(NC(=O)c3ccccc3F)cc2)c1. The predicted molar refractivity (Wildman–Crippen MR) is 116 cm³/mol. The lowest BCUT2D eigenvalue weighted by Crippen LogP contribution is -2.15. The number of carbonyl (C=O) groups is 2. The van der Waals surface area contributed by atoms with Crippen molar-refractivity contribution in [2.24, 2.45) is 0 Å². The summed E-state index contributed by atoms with van der Waals surface area (Å²) in [5.41, 5.74) is 3.48. The van der Waals surface area contributed by atoms with Crippen molar-refractivity contribution in [3.05, 3.63) is 89.2 Å². The molecule has 0 bridgehead atoms. The highest BCUT2D eigenvalue weighted by Gasteiger charge is 2.11. The normalized spacial score (nSPS) is 10.4. The summed E-state index contributed by atoms with van der Waals surface area (Å²) in [5.74, 6) is -0.877. The van der Waals surface area contributed by atoms with E-state index < -0.39 is 11.7 Å². The summed E-state index contributed by atoms with van der Waals surface area (Å²) in [6.45, 7) is 3.94. The van der Waals surface area contributed by atoms with Gasteiger partial charge >= 0.3 is 0 Å². The Labute approximate surface area is 173 Å². The maximum atomic E-state index is 13.7. The molecule has 0 unspecified atom stereocenters. The number of halogens is 1. The van der Waals surface area contributed by atoms with Crippen LogP contribution in [0.15, 0.2) is 71.6 Å². The minimum Gasteiger partial charge on any atom is -0.325 e. The molecule has 0 spiro atoms. The van der Waals surface area contributed by atoms with Gasteiger partial charge in [0, 0.05) is 16.3 Å². The van der Waals surface area contributed by atoms with Crippen LogP contribution in [0, 0.1) is 19.7 Å². The topological polar surface area (TPSA) is 58.2 Å². The molecule has 0 atom stereocenters. The Balaban J connectivity index is 1.54. The van der Waals surface area contributed by atoms with E-state index in [1.165, 1.54) is 30.0 Å². The Kier molecular flexibility index (Phi) is 6.67. The second-order valence-electron chi connectivity index (χ2n) is 6.61. The highest BCUT2D eigenvalue weighted by Crippen LogP contribution is 2.22. The van der Waals surface area contributed by atoms with Crippen LogP contribution in [-0.4, -0.2) is 17.6 Å². The van der Waals surface area contributed by atoms with Gasteiger partial charge in [0.15, 0.2) is 0 Å². The lowest BCUT2D eigenvalue weighted by Gasteiger charge is -2.10. The molecule has 0 heterocycles. The van der Waals surface area contributed by atoms with Crippen LogP contribution in [0.1, 0.15) is 21.5 Å². The first-order valence-electron chi connectivity index (χ1n) is 9.08. The standard InChI is InChI=1S/C23H21FN2O2S/c1-15-7-8-16(2)21(13-15)26-22(27)14-29-18-11-9-17(10-12-18)25-23(28)19-5-3-4-6-20(19)24/h3-13H,14H2,1-2H3,(H,25,28)(H,26,27). The number of benzene rings is 3. The Morgan fingerprint density at radius 3 is 2.38 bits per heavy atom. The van der Waals surface area contributed by atoms with Gasteiger partial charge in [0.2, 0.25) is 5.91 Å². The Morgan fingerprint density at radius 1 is 0.931 bits per heavy atom. The molecule has 6 heteroatoms. The molecule has 148 valence electrons. The van der Waals surface area contributed by atoms with Crippen molar-refractivity contribution in [2.75, 3.05) is 16.4 Å². The van der Waals surface area contributed by atoms with Gasteiger partial charge in [-0.3, -0.25) is 9.59 Å². The Morgan fingerprint density at radius 2 is 1.66 bits per heavy atom. The van der Waals surface area contributed by atoms with Gasteiger partial charge in [-0.05, 0) is 67.4 Å². The summed E-state index contributed by atoms with van der Waals surface area (Å²) >= 11 is 1.40. The summed E-state index contributed by atoms with van der Waals surface area (Å²) < 4.78 is 13.7. The monoisotopic (exact) mass is 408 g/mol. The molecule has 0 saturated carbocycles. The molecule has 0 aliphatic carbocycles. The number of aryl methyl sites for hydroxylation is 2. The van der Waals surface area contributed by atoms with Crippen LogP contribution >= 0.6 is 11.8 Å². The van der Waals surface area contributed by atoms with Crippen LogP contribution in [0.4, 0.5) is 15.8 Å². The number of hydrogen-bond acceptors (Lipinski definition) is 3. The van der Waals surface area contributed by atoms with Crippen LogP contribution < -0.4 is 10.6 Å². The smallest absolute Gasteiger partial charge is 0.258 e.